The first kappa shape index (κ1) is 18.2. The standard InChI is InChI=1S/C14H22FN5O4/c1-7-19-12(21)8(4-18-14(16)17)5-20(7)13-10(15)11(23-3)9(24-13)6-22-2/h5,9-11,13H,1,4,6H2,2-3H3,(H,19,21)(H4,16,17,18)/t9-,10?,11-,13?/m1/s1. The summed E-state index contributed by atoms with van der Waals surface area (Å²) < 4.78 is 30.6. The van der Waals surface area contributed by atoms with Crippen molar-refractivity contribution < 1.29 is 23.4 Å². The van der Waals surface area contributed by atoms with Crippen LogP contribution in [0.1, 0.15) is 0 Å². The zero-order valence-electron chi connectivity index (χ0n) is 13.5. The molecular weight excluding hydrogens is 321 g/mol. The van der Waals surface area contributed by atoms with Gasteiger partial charge in [0.05, 0.1) is 12.2 Å². The van der Waals surface area contributed by atoms with E-state index in [1.165, 1.54) is 25.3 Å². The van der Waals surface area contributed by atoms with Gasteiger partial charge in [0.25, 0.3) is 5.91 Å². The summed E-state index contributed by atoms with van der Waals surface area (Å²) >= 11 is 0. The lowest BCUT2D eigenvalue weighted by molar-refractivity contribution is -0.119. The molecular formula is C14H22FN5O4. The van der Waals surface area contributed by atoms with E-state index in [0.717, 1.165) is 0 Å². The number of nitrogens with one attached hydrogen (secondary N) is 3. The quantitative estimate of drug-likeness (QED) is 0.360. The van der Waals surface area contributed by atoms with Gasteiger partial charge >= 0.3 is 0 Å². The van der Waals surface area contributed by atoms with Gasteiger partial charge in [-0.2, -0.15) is 0 Å². The topological polar surface area (TPSA) is 122 Å². The third kappa shape index (κ3) is 3.66. The summed E-state index contributed by atoms with van der Waals surface area (Å²) in [5, 5.41) is 12.2. The van der Waals surface area contributed by atoms with Gasteiger partial charge in [-0.15, -0.1) is 0 Å². The molecule has 2 unspecified atom stereocenters. The largest absolute Gasteiger partial charge is 0.382 e. The van der Waals surface area contributed by atoms with Crippen LogP contribution in [0.25, 0.3) is 0 Å². The molecule has 2 aliphatic rings. The Labute approximate surface area is 139 Å². The predicted molar refractivity (Wildman–Crippen MR) is 83.4 cm³/mol. The van der Waals surface area contributed by atoms with Crippen LogP contribution >= 0.6 is 0 Å². The van der Waals surface area contributed by atoms with Crippen LogP contribution in [-0.4, -0.2) is 68.7 Å². The molecule has 0 aromatic heterocycles. The SMILES string of the molecule is C=C1NC(=O)C(CNC(=N)N)=CN1C1O[C@H](COC)[C@@H](OC)C1F. The second kappa shape index (κ2) is 7.60. The van der Waals surface area contributed by atoms with E-state index in [1.54, 1.807) is 0 Å². The average molecular weight is 343 g/mol. The molecule has 1 saturated heterocycles. The molecule has 0 saturated carbocycles. The van der Waals surface area contributed by atoms with Crippen molar-refractivity contribution in [2.45, 2.75) is 24.6 Å². The van der Waals surface area contributed by atoms with Gasteiger partial charge in [0.15, 0.2) is 18.4 Å². The van der Waals surface area contributed by atoms with E-state index in [-0.39, 0.29) is 30.5 Å². The Morgan fingerprint density at radius 2 is 2.33 bits per heavy atom. The van der Waals surface area contributed by atoms with Crippen LogP contribution in [0, 0.1) is 5.41 Å². The maximum atomic E-state index is 14.7. The summed E-state index contributed by atoms with van der Waals surface area (Å²) in [5.74, 6) is -0.498. The Kier molecular flexibility index (Phi) is 5.75. The van der Waals surface area contributed by atoms with Crippen molar-refractivity contribution in [3.05, 3.63) is 24.2 Å². The first-order valence-corrected chi connectivity index (χ1v) is 7.27. The summed E-state index contributed by atoms with van der Waals surface area (Å²) in [6, 6.07) is 0. The van der Waals surface area contributed by atoms with Gasteiger partial charge in [-0.3, -0.25) is 10.2 Å². The van der Waals surface area contributed by atoms with E-state index in [4.69, 9.17) is 25.4 Å². The van der Waals surface area contributed by atoms with Crippen LogP contribution in [0.5, 0.6) is 0 Å². The molecule has 1 amide bonds. The Balaban J connectivity index is 2.20. The molecule has 5 N–H and O–H groups in total. The van der Waals surface area contributed by atoms with Gasteiger partial charge < -0.3 is 35.5 Å². The number of nitrogens with zero attached hydrogens (tertiary/aromatic N) is 1. The van der Waals surface area contributed by atoms with Crippen molar-refractivity contribution in [2.75, 3.05) is 27.4 Å². The van der Waals surface area contributed by atoms with Crippen LogP contribution in [0.15, 0.2) is 24.2 Å². The number of hydrogen-bond acceptors (Lipinski definition) is 6. The third-order valence-electron chi connectivity index (χ3n) is 3.77. The van der Waals surface area contributed by atoms with E-state index >= 15 is 0 Å². The Hall–Kier alpha value is -2.17. The van der Waals surface area contributed by atoms with E-state index < -0.39 is 30.5 Å². The molecule has 2 aliphatic heterocycles. The number of amides is 1. The summed E-state index contributed by atoms with van der Waals surface area (Å²) in [6.45, 7) is 3.91. The van der Waals surface area contributed by atoms with Gasteiger partial charge in [-0.1, -0.05) is 6.58 Å². The minimum atomic E-state index is -1.47. The Morgan fingerprint density at radius 1 is 1.62 bits per heavy atom. The van der Waals surface area contributed by atoms with Crippen molar-refractivity contribution in [3.8, 4) is 0 Å². The minimum Gasteiger partial charge on any atom is -0.382 e. The summed E-state index contributed by atoms with van der Waals surface area (Å²) in [6.07, 6.45) is -2.45. The van der Waals surface area contributed by atoms with Crippen molar-refractivity contribution in [2.24, 2.45) is 5.73 Å². The second-order valence-corrected chi connectivity index (χ2v) is 5.39. The number of alkyl halides is 1. The fourth-order valence-electron chi connectivity index (χ4n) is 2.62. The lowest BCUT2D eigenvalue weighted by Crippen LogP contribution is -2.48. The molecule has 0 aliphatic carbocycles. The number of carbonyl (C=O) groups excluding carboxylic acids is 1. The summed E-state index contributed by atoms with van der Waals surface area (Å²) in [5.41, 5.74) is 5.48. The number of hydrogen-bond donors (Lipinski definition) is 4. The normalized spacial score (nSPS) is 30.1. The van der Waals surface area contributed by atoms with Crippen LogP contribution in [0.2, 0.25) is 0 Å². The molecule has 2 heterocycles. The van der Waals surface area contributed by atoms with Crippen molar-refractivity contribution in [1.82, 2.24) is 15.5 Å². The zero-order chi connectivity index (χ0) is 17.9. The molecule has 0 aromatic rings. The third-order valence-corrected chi connectivity index (χ3v) is 3.77. The lowest BCUT2D eigenvalue weighted by Gasteiger charge is -2.34. The molecule has 0 radical (unpaired) electrons. The number of ether oxygens (including phenoxy) is 3. The number of nitrogens with two attached hydrogens (primary N) is 1. The number of carbonyl (C=O) groups is 1. The van der Waals surface area contributed by atoms with Crippen LogP contribution in [-0.2, 0) is 19.0 Å². The molecule has 24 heavy (non-hydrogen) atoms. The highest BCUT2D eigenvalue weighted by Crippen LogP contribution is 2.31. The molecule has 0 bridgehead atoms. The van der Waals surface area contributed by atoms with E-state index in [2.05, 4.69) is 17.2 Å². The Bertz CT molecular complexity index is 555. The Morgan fingerprint density at radius 3 is 2.92 bits per heavy atom. The lowest BCUT2D eigenvalue weighted by atomic mass is 10.1. The van der Waals surface area contributed by atoms with E-state index in [1.807, 2.05) is 0 Å². The number of rotatable bonds is 6. The van der Waals surface area contributed by atoms with Gasteiger partial charge in [-0.05, 0) is 0 Å². The maximum Gasteiger partial charge on any atom is 0.255 e. The highest BCUT2D eigenvalue weighted by atomic mass is 19.1. The fourth-order valence-corrected chi connectivity index (χ4v) is 2.62. The molecule has 0 spiro atoms. The van der Waals surface area contributed by atoms with Gasteiger partial charge in [0.2, 0.25) is 0 Å². The molecule has 1 fully saturated rings. The molecule has 2 rings (SSSR count). The highest BCUT2D eigenvalue weighted by molar-refractivity contribution is 5.96. The number of halogens is 1. The summed E-state index contributed by atoms with van der Waals surface area (Å²) in [4.78, 5) is 13.3. The number of methoxy groups -OCH3 is 2. The van der Waals surface area contributed by atoms with Crippen LogP contribution < -0.4 is 16.4 Å². The molecule has 4 atom stereocenters. The van der Waals surface area contributed by atoms with E-state index in [9.17, 15) is 9.18 Å². The fraction of sp³-hybridized carbons (Fsp3) is 0.571. The van der Waals surface area contributed by atoms with Crippen LogP contribution in [0.4, 0.5) is 4.39 Å². The van der Waals surface area contributed by atoms with Crippen molar-refractivity contribution >= 4 is 11.9 Å². The maximum absolute atomic E-state index is 14.7. The highest BCUT2D eigenvalue weighted by Gasteiger charge is 2.49. The van der Waals surface area contributed by atoms with Crippen molar-refractivity contribution in [3.63, 3.8) is 0 Å². The first-order valence-electron chi connectivity index (χ1n) is 7.27. The zero-order valence-corrected chi connectivity index (χ0v) is 13.5. The van der Waals surface area contributed by atoms with Gasteiger partial charge in [0, 0.05) is 27.0 Å². The summed E-state index contributed by atoms with van der Waals surface area (Å²) in [7, 11) is 2.89. The molecule has 0 aromatic carbocycles. The molecule has 10 heteroatoms. The second-order valence-electron chi connectivity index (χ2n) is 5.39. The minimum absolute atomic E-state index is 0.0177. The first-order chi connectivity index (χ1) is 11.4. The predicted octanol–water partition coefficient (Wildman–Crippen LogP) is -1.02. The molecule has 9 nitrogen and oxygen atoms in total. The van der Waals surface area contributed by atoms with Crippen molar-refractivity contribution in [1.29, 1.82) is 5.41 Å². The average Bonchev–Trinajstić information content (AvgIpc) is 2.82. The van der Waals surface area contributed by atoms with E-state index in [0.29, 0.717) is 0 Å². The monoisotopic (exact) mass is 343 g/mol. The molecule has 134 valence electrons. The van der Waals surface area contributed by atoms with Gasteiger partial charge in [-0.25, -0.2) is 4.39 Å². The smallest absolute Gasteiger partial charge is 0.255 e. The number of guanidine groups is 1. The van der Waals surface area contributed by atoms with Crippen LogP contribution in [0.3, 0.4) is 0 Å². The van der Waals surface area contributed by atoms with Gasteiger partial charge in [0.1, 0.15) is 18.0 Å².